The third-order valence-electron chi connectivity index (χ3n) is 7.83. The molecule has 70 heavy (non-hydrogen) atoms. The summed E-state index contributed by atoms with van der Waals surface area (Å²) in [5.74, 6) is -0.906. The van der Waals surface area contributed by atoms with Gasteiger partial charge in [-0.15, -0.1) is 0 Å². The fourth-order valence-electron chi connectivity index (χ4n) is 4.57. The number of fused-ring (bicyclic) bond motifs is 2. The number of phenolic OH excluding ortho intramolecular Hbond substituents is 2. The zero-order valence-electron chi connectivity index (χ0n) is 36.8. The van der Waals surface area contributed by atoms with E-state index in [9.17, 15) is 29.8 Å². The fraction of sp³-hybridized carbons (Fsp3) is 0.256. The number of anilines is 1. The molecule has 390 valence electrons. The second-order valence-electron chi connectivity index (χ2n) is 12.4. The van der Waals surface area contributed by atoms with E-state index < -0.39 is 34.5 Å². The van der Waals surface area contributed by atoms with E-state index in [1.165, 1.54) is 22.8 Å². The van der Waals surface area contributed by atoms with Gasteiger partial charge in [-0.25, -0.2) is 9.59 Å². The van der Waals surface area contributed by atoms with Gasteiger partial charge in [0.25, 0.3) is 5.69 Å². The molecule has 0 bridgehead atoms. The molecule has 0 aliphatic heterocycles. The number of nitrogen functional groups attached to an aromatic ring is 1. The normalized spacial score (nSPS) is 9.20. The molecular formula is C43H52Br7Cl2I2N5O10Sn. The Balaban J connectivity index is -0.000000242. The Bertz CT molecular complexity index is 2750. The van der Waals surface area contributed by atoms with E-state index in [1.54, 1.807) is 38.2 Å². The molecule has 0 fully saturated rings. The number of rotatable bonds is 2. The van der Waals surface area contributed by atoms with Crippen molar-refractivity contribution < 1.29 is 30.3 Å². The molecule has 0 saturated carbocycles. The van der Waals surface area contributed by atoms with Crippen LogP contribution in [0.4, 0.5) is 17.1 Å². The Morgan fingerprint density at radius 3 is 1.57 bits per heavy atom. The molecular weight excluding hydrogens is 1750 g/mol. The van der Waals surface area contributed by atoms with Crippen molar-refractivity contribution in [1.29, 1.82) is 0 Å². The first-order chi connectivity index (χ1) is 31.8. The molecule has 0 unspecified atom stereocenters. The Hall–Kier alpha value is -0.961. The molecule has 15 nitrogen and oxygen atoms in total. The molecule has 2 aromatic heterocycles. The van der Waals surface area contributed by atoms with Gasteiger partial charge >= 0.3 is 53.9 Å². The summed E-state index contributed by atoms with van der Waals surface area (Å²) in [7, 11) is 11.6. The second-order valence-corrected chi connectivity index (χ2v) is 20.9. The van der Waals surface area contributed by atoms with Crippen molar-refractivity contribution in [3.63, 3.8) is 0 Å². The van der Waals surface area contributed by atoms with Crippen LogP contribution in [0.15, 0.2) is 108 Å². The van der Waals surface area contributed by atoms with Crippen LogP contribution in [-0.2, 0) is 7.05 Å². The number of nitrogens with one attached hydrogen (secondary N) is 1. The number of aromatic nitrogens is 2. The van der Waals surface area contributed by atoms with Gasteiger partial charge in [-0.05, 0) is 137 Å². The van der Waals surface area contributed by atoms with Crippen LogP contribution in [0.5, 0.6) is 11.5 Å². The third-order valence-corrected chi connectivity index (χ3v) is 11.9. The van der Waals surface area contributed by atoms with Crippen molar-refractivity contribution in [1.82, 2.24) is 9.55 Å². The van der Waals surface area contributed by atoms with Gasteiger partial charge in [0.1, 0.15) is 5.75 Å². The first-order valence-corrected chi connectivity index (χ1v) is 36.1. The number of aryl methyl sites for hydroxylation is 6. The quantitative estimate of drug-likeness (QED) is 0.0242. The van der Waals surface area contributed by atoms with Crippen molar-refractivity contribution in [3.8, 4) is 11.5 Å². The number of benzene rings is 5. The van der Waals surface area contributed by atoms with E-state index in [0.29, 0.717) is 30.7 Å². The van der Waals surface area contributed by atoms with Crippen LogP contribution in [0.25, 0.3) is 22.2 Å². The fourth-order valence-corrected chi connectivity index (χ4v) is 6.57. The van der Waals surface area contributed by atoms with Crippen molar-refractivity contribution in [2.24, 2.45) is 7.05 Å². The zero-order chi connectivity index (χ0) is 53.2. The van der Waals surface area contributed by atoms with E-state index in [1.807, 2.05) is 79.5 Å². The van der Waals surface area contributed by atoms with E-state index in [2.05, 4.69) is 135 Å². The SMILES string of the molecule is BrBr.C.C.C.CI.Cc1cc(O)c(N)cc1Br.Cc1cc(O)c([N+](=O)[O-])cc1Br.Cc1cc2oc(=O)[nH]c2cc1Br.Cc1cc2oc(=O)n(C)c2cc1Br.Cc1ccc([N+](=O)[O-])c(Br)c1.[2H]CI.[Cl][Sn][Cl]. The zero-order valence-corrected chi connectivity index (χ0v) is 55.6. The van der Waals surface area contributed by atoms with E-state index in [-0.39, 0.29) is 50.9 Å². The molecule has 0 aliphatic rings. The molecule has 7 rings (SSSR count). The van der Waals surface area contributed by atoms with E-state index in [0.717, 1.165) is 52.3 Å². The minimum atomic E-state index is -0.826. The first kappa shape index (κ1) is 75.6. The number of nitro benzene ring substituents is 2. The van der Waals surface area contributed by atoms with Gasteiger partial charge in [0, 0.05) is 66.7 Å². The molecule has 7 aromatic rings. The second kappa shape index (κ2) is 41.3. The molecule has 0 aliphatic carbocycles. The van der Waals surface area contributed by atoms with Gasteiger partial charge in [-0.2, -0.15) is 0 Å². The summed E-state index contributed by atoms with van der Waals surface area (Å²) in [4.78, 5) is 46.5. The number of nitro groups is 2. The molecule has 5 aromatic carbocycles. The summed E-state index contributed by atoms with van der Waals surface area (Å²) in [6.45, 7) is 9.41. The maximum absolute atomic E-state index is 11.1. The van der Waals surface area contributed by atoms with Gasteiger partial charge < -0.3 is 24.8 Å². The average molecular weight is 1800 g/mol. The van der Waals surface area contributed by atoms with E-state index in [4.69, 9.17) is 44.0 Å². The number of halogens is 11. The van der Waals surface area contributed by atoms with Crippen LogP contribution >= 0.6 is 171 Å². The number of aromatic hydroxyl groups is 2. The Morgan fingerprint density at radius 1 is 0.700 bits per heavy atom. The predicted molar refractivity (Wildman–Crippen MR) is 336 cm³/mol. The molecule has 0 amide bonds. The number of aromatic amines is 1. The summed E-state index contributed by atoms with van der Waals surface area (Å²) < 4.78 is 21.6. The third kappa shape index (κ3) is 27.0. The van der Waals surface area contributed by atoms with Crippen molar-refractivity contribution in [2.45, 2.75) is 56.9 Å². The number of nitrogens with zero attached hydrogens (tertiary/aromatic N) is 3. The molecule has 2 radical (unpaired) electrons. The molecule has 0 atom stereocenters. The molecule has 0 spiro atoms. The summed E-state index contributed by atoms with van der Waals surface area (Å²) in [6.07, 6.45) is 0. The summed E-state index contributed by atoms with van der Waals surface area (Å²) in [6, 6.07) is 18.2. The van der Waals surface area contributed by atoms with Gasteiger partial charge in [0.05, 0.1) is 31.0 Å². The van der Waals surface area contributed by atoms with Crippen LogP contribution in [0.2, 0.25) is 0 Å². The van der Waals surface area contributed by atoms with Crippen LogP contribution in [0, 0.1) is 54.8 Å². The topological polar surface area (TPSA) is 234 Å². The number of hydrogen-bond acceptors (Lipinski definition) is 11. The Morgan fingerprint density at radius 2 is 1.11 bits per heavy atom. The summed E-state index contributed by atoms with van der Waals surface area (Å²) >= 11 is 25.1. The number of oxazole rings is 2. The van der Waals surface area contributed by atoms with Crippen LogP contribution in [-0.4, -0.2) is 58.3 Å². The number of alkyl halides is 2. The van der Waals surface area contributed by atoms with Crippen molar-refractivity contribution in [3.05, 3.63) is 158 Å². The maximum atomic E-state index is 11.1. The number of H-pyrrole nitrogens is 1. The number of nitrogens with two attached hydrogens (primary N) is 1. The average Bonchev–Trinajstić information content (AvgIpc) is 3.76. The van der Waals surface area contributed by atoms with Gasteiger partial charge in [0.2, 0.25) is 0 Å². The number of hydrogen-bond donors (Lipinski definition) is 4. The van der Waals surface area contributed by atoms with Crippen LogP contribution < -0.4 is 17.2 Å². The Kier molecular flexibility index (Phi) is 44.6. The minimum absolute atomic E-state index is 0. The predicted octanol–water partition coefficient (Wildman–Crippen LogP) is 18.2. The van der Waals surface area contributed by atoms with Crippen LogP contribution in [0.3, 0.4) is 0 Å². The monoisotopic (exact) mass is 1800 g/mol. The van der Waals surface area contributed by atoms with Gasteiger partial charge in [0.15, 0.2) is 16.9 Å². The van der Waals surface area contributed by atoms with Crippen molar-refractivity contribution in [2.75, 3.05) is 15.6 Å². The van der Waals surface area contributed by atoms with Crippen LogP contribution in [0.1, 0.15) is 51.5 Å². The molecule has 27 heteroatoms. The first-order valence-electron chi connectivity index (χ1n) is 18.2. The van der Waals surface area contributed by atoms with E-state index >= 15 is 0 Å². The molecule has 2 heterocycles. The van der Waals surface area contributed by atoms with Gasteiger partial charge in [-0.3, -0.25) is 29.8 Å². The molecule has 0 saturated heterocycles. The summed E-state index contributed by atoms with van der Waals surface area (Å²) in [5.41, 5.74) is 13.2. The number of phenols is 2. The molecule has 5 N–H and O–H groups in total. The summed E-state index contributed by atoms with van der Waals surface area (Å²) in [5, 5.41) is 38.8. The Labute approximate surface area is 511 Å². The van der Waals surface area contributed by atoms with Gasteiger partial charge in [-0.1, -0.05) is 137 Å². The standard InChI is InChI=1S/C9H8BrNO2.C8H6BrNO2.C7H6BrNO3.C7H6BrNO2.C7H8BrNO.2CH3I.3CH4.Br2.2ClH.Sn/c1-5-3-8-7(4-6(5)10)11(2)9(12)13-8;1-4-2-7-6(3-5(4)9)10-8(11)12-7;1-4-2-7(10)6(9(11)12)3-5(4)8;1-5-2-3-7(9(10)11)6(8)4-5;1-4-2-7(10)6(9)3-5(4)8;2*1-2;;;;1-2;;;/h3-4H,1-2H3;2-3H,1H3,(H,10,11);2-3,10H,1H3;2-4H,1H3;2-3,10H,9H2,1H3;2*1H3;3*1H4;;2*1H;/q;;;;;;;;;;;;;+2/p-2/i;;;;;1D;;;;;;;;. The van der Waals surface area contributed by atoms with Crippen molar-refractivity contribution >= 4 is 229 Å².